The summed E-state index contributed by atoms with van der Waals surface area (Å²) in [6.07, 6.45) is 13.4. The van der Waals surface area contributed by atoms with E-state index in [2.05, 4.69) is 19.1 Å². The number of aliphatic carboxylic acids is 1. The fourth-order valence-electron chi connectivity index (χ4n) is 3.53. The molecule has 0 bridgehead atoms. The molecule has 29 heavy (non-hydrogen) atoms. The van der Waals surface area contributed by atoms with Gasteiger partial charge in [0, 0.05) is 6.42 Å². The smallest absolute Gasteiger partial charge is 0.306 e. The lowest BCUT2D eigenvalue weighted by Crippen LogP contribution is -2.55. The summed E-state index contributed by atoms with van der Waals surface area (Å²) in [7, 11) is 5.36. The van der Waals surface area contributed by atoms with Crippen molar-refractivity contribution in [2.24, 2.45) is 0 Å². The monoisotopic (exact) mass is 414 g/mol. The maximum atomic E-state index is 12.5. The Morgan fingerprint density at radius 1 is 0.966 bits per heavy atom. The molecule has 0 fully saturated rings. The number of quaternary nitrogens is 1. The van der Waals surface area contributed by atoms with Crippen molar-refractivity contribution < 1.29 is 29.4 Å². The second-order valence-corrected chi connectivity index (χ2v) is 9.29. The molecule has 0 rings (SSSR count). The molecule has 0 amide bonds. The van der Waals surface area contributed by atoms with Gasteiger partial charge >= 0.3 is 5.97 Å². The SMILES string of the molecule is CCCCCCC=CCCCCCC(O)CC(=O)C(O)(CC(=O)O)C[N+](C)(C)C. The number of ketones is 1. The quantitative estimate of drug-likeness (QED) is 0.181. The van der Waals surface area contributed by atoms with Crippen molar-refractivity contribution in [3.63, 3.8) is 0 Å². The number of unbranched alkanes of at least 4 members (excludes halogenated alkanes) is 7. The first-order valence-corrected chi connectivity index (χ1v) is 11.1. The average molecular weight is 415 g/mol. The first kappa shape index (κ1) is 27.8. The van der Waals surface area contributed by atoms with Gasteiger partial charge in [0.25, 0.3) is 0 Å². The molecule has 0 aromatic rings. The van der Waals surface area contributed by atoms with Gasteiger partial charge in [0.1, 0.15) is 6.54 Å². The largest absolute Gasteiger partial charge is 0.481 e. The number of Topliss-reactive ketones (excluding diaryl/α,β-unsaturated/α-hetero) is 1. The number of carboxylic acids is 1. The highest BCUT2D eigenvalue weighted by molar-refractivity contribution is 5.91. The Balaban J connectivity index is 4.15. The van der Waals surface area contributed by atoms with Gasteiger partial charge in [0.05, 0.1) is 33.7 Å². The summed E-state index contributed by atoms with van der Waals surface area (Å²) in [5, 5.41) is 29.8. The number of hydrogen-bond donors (Lipinski definition) is 3. The van der Waals surface area contributed by atoms with Crippen LogP contribution in [0.3, 0.4) is 0 Å². The molecule has 0 radical (unpaired) electrons. The third-order valence-electron chi connectivity index (χ3n) is 4.92. The van der Waals surface area contributed by atoms with Crippen LogP contribution in [-0.2, 0) is 9.59 Å². The standard InChI is InChI=1S/C23H43NO5/c1-5-6-7-8-9-10-11-12-13-14-15-16-20(25)17-21(26)23(29,18-22(27)28)19-24(2,3)4/h10-11,20,25,29H,5-9,12-19H2,1-4H3/p+1. The summed E-state index contributed by atoms with van der Waals surface area (Å²) < 4.78 is 0.262. The lowest BCUT2D eigenvalue weighted by molar-refractivity contribution is -0.875. The fourth-order valence-corrected chi connectivity index (χ4v) is 3.53. The van der Waals surface area contributed by atoms with E-state index in [9.17, 15) is 19.8 Å². The van der Waals surface area contributed by atoms with Crippen molar-refractivity contribution in [1.82, 2.24) is 0 Å². The second-order valence-electron chi connectivity index (χ2n) is 9.29. The molecule has 0 aromatic carbocycles. The molecule has 2 atom stereocenters. The Morgan fingerprint density at radius 3 is 2.00 bits per heavy atom. The highest BCUT2D eigenvalue weighted by Crippen LogP contribution is 2.20. The van der Waals surface area contributed by atoms with E-state index in [-0.39, 0.29) is 17.4 Å². The lowest BCUT2D eigenvalue weighted by atomic mass is 9.88. The van der Waals surface area contributed by atoms with Crippen LogP contribution in [0.5, 0.6) is 0 Å². The van der Waals surface area contributed by atoms with Gasteiger partial charge in [-0.3, -0.25) is 9.59 Å². The van der Waals surface area contributed by atoms with Gasteiger partial charge in [-0.25, -0.2) is 0 Å². The number of hydrogen-bond acceptors (Lipinski definition) is 4. The zero-order chi connectivity index (χ0) is 22.3. The van der Waals surface area contributed by atoms with Gasteiger partial charge in [-0.05, 0) is 32.1 Å². The number of allylic oxidation sites excluding steroid dienone is 2. The van der Waals surface area contributed by atoms with Crippen LogP contribution < -0.4 is 0 Å². The Bertz CT molecular complexity index is 498. The summed E-state index contributed by atoms with van der Waals surface area (Å²) in [6.45, 7) is 2.21. The predicted octanol–water partition coefficient (Wildman–Crippen LogP) is 3.70. The average Bonchev–Trinajstić information content (AvgIpc) is 2.57. The number of rotatable bonds is 18. The van der Waals surface area contributed by atoms with E-state index in [0.717, 1.165) is 32.1 Å². The molecule has 0 heterocycles. The summed E-state index contributed by atoms with van der Waals surface area (Å²) >= 11 is 0. The van der Waals surface area contributed by atoms with E-state index in [1.54, 1.807) is 21.1 Å². The molecule has 0 aliphatic rings. The van der Waals surface area contributed by atoms with Crippen LogP contribution in [0.15, 0.2) is 12.2 Å². The van der Waals surface area contributed by atoms with Gasteiger partial charge in [0.15, 0.2) is 11.4 Å². The molecule has 0 saturated heterocycles. The van der Waals surface area contributed by atoms with Gasteiger partial charge in [-0.15, -0.1) is 0 Å². The zero-order valence-electron chi connectivity index (χ0n) is 19.0. The number of aliphatic hydroxyl groups excluding tert-OH is 1. The molecule has 0 aliphatic carbocycles. The van der Waals surface area contributed by atoms with Crippen LogP contribution in [0.1, 0.15) is 84.0 Å². The highest BCUT2D eigenvalue weighted by atomic mass is 16.4. The lowest BCUT2D eigenvalue weighted by Gasteiger charge is -2.34. The number of likely N-dealkylation sites (N-methyl/N-ethyl adjacent to an activating group) is 1. The number of carbonyl (C=O) groups is 2. The van der Waals surface area contributed by atoms with E-state index < -0.39 is 29.9 Å². The normalized spacial score (nSPS) is 15.4. The molecule has 0 aliphatic heterocycles. The third kappa shape index (κ3) is 15.3. The molecule has 0 saturated carbocycles. The maximum Gasteiger partial charge on any atom is 0.306 e. The van der Waals surface area contributed by atoms with E-state index >= 15 is 0 Å². The van der Waals surface area contributed by atoms with E-state index in [1.807, 2.05) is 0 Å². The maximum absolute atomic E-state index is 12.5. The van der Waals surface area contributed by atoms with E-state index in [4.69, 9.17) is 5.11 Å². The second kappa shape index (κ2) is 14.7. The van der Waals surface area contributed by atoms with Crippen molar-refractivity contribution in [2.75, 3.05) is 27.7 Å². The van der Waals surface area contributed by atoms with Gasteiger partial charge in [0.2, 0.25) is 0 Å². The molecule has 3 N–H and O–H groups in total. The van der Waals surface area contributed by atoms with E-state index in [0.29, 0.717) is 6.42 Å². The van der Waals surface area contributed by atoms with Crippen molar-refractivity contribution in [2.45, 2.75) is 95.7 Å². The summed E-state index contributed by atoms with van der Waals surface area (Å²) in [5.74, 6) is -1.81. The van der Waals surface area contributed by atoms with Crippen LogP contribution in [0.4, 0.5) is 0 Å². The minimum absolute atomic E-state index is 0.00433. The Morgan fingerprint density at radius 2 is 1.52 bits per heavy atom. The molecular weight excluding hydrogens is 370 g/mol. The zero-order valence-corrected chi connectivity index (χ0v) is 19.0. The van der Waals surface area contributed by atoms with Crippen molar-refractivity contribution in [1.29, 1.82) is 0 Å². The van der Waals surface area contributed by atoms with Crippen LogP contribution in [0, 0.1) is 0 Å². The summed E-state index contributed by atoms with van der Waals surface area (Å²) in [6, 6.07) is 0. The van der Waals surface area contributed by atoms with Crippen molar-refractivity contribution >= 4 is 11.8 Å². The van der Waals surface area contributed by atoms with Gasteiger partial charge in [-0.1, -0.05) is 51.2 Å². The summed E-state index contributed by atoms with van der Waals surface area (Å²) in [5.41, 5.74) is -1.95. The first-order valence-electron chi connectivity index (χ1n) is 11.1. The number of carbonyl (C=O) groups excluding carboxylic acids is 1. The van der Waals surface area contributed by atoms with Crippen molar-refractivity contribution in [3.05, 3.63) is 12.2 Å². The van der Waals surface area contributed by atoms with Crippen LogP contribution in [0.25, 0.3) is 0 Å². The molecule has 170 valence electrons. The Hall–Kier alpha value is -1.24. The molecule has 6 nitrogen and oxygen atoms in total. The minimum atomic E-state index is -1.95. The first-order chi connectivity index (χ1) is 13.5. The Labute approximate surface area is 177 Å². The predicted molar refractivity (Wildman–Crippen MR) is 117 cm³/mol. The van der Waals surface area contributed by atoms with Crippen molar-refractivity contribution in [3.8, 4) is 0 Å². The van der Waals surface area contributed by atoms with Crippen LogP contribution in [0.2, 0.25) is 0 Å². The van der Waals surface area contributed by atoms with Crippen LogP contribution >= 0.6 is 0 Å². The summed E-state index contributed by atoms with van der Waals surface area (Å²) in [4.78, 5) is 23.6. The molecule has 2 unspecified atom stereocenters. The highest BCUT2D eigenvalue weighted by Gasteiger charge is 2.43. The minimum Gasteiger partial charge on any atom is -0.481 e. The number of carboxylic acid groups (broad SMARTS) is 1. The van der Waals surface area contributed by atoms with Gasteiger partial charge in [-0.2, -0.15) is 0 Å². The fraction of sp³-hybridized carbons (Fsp3) is 0.826. The van der Waals surface area contributed by atoms with Crippen LogP contribution in [-0.4, -0.2) is 70.9 Å². The molecule has 0 spiro atoms. The number of nitrogens with zero attached hydrogens (tertiary/aromatic N) is 1. The number of aliphatic hydroxyl groups is 2. The molecule has 6 heteroatoms. The third-order valence-corrected chi connectivity index (χ3v) is 4.92. The van der Waals surface area contributed by atoms with Gasteiger partial charge < -0.3 is 19.8 Å². The topological polar surface area (TPSA) is 94.8 Å². The Kier molecular flexibility index (Phi) is 14.1. The molecule has 0 aromatic heterocycles. The van der Waals surface area contributed by atoms with E-state index in [1.165, 1.54) is 25.7 Å². The molecular formula is C23H44NO5+.